The van der Waals surface area contributed by atoms with Gasteiger partial charge in [-0.3, -0.25) is 9.36 Å². The van der Waals surface area contributed by atoms with Gasteiger partial charge in [0.25, 0.3) is 5.56 Å². The molecule has 142 valence electrons. The number of nitrogens with zero attached hydrogens (tertiary/aromatic N) is 2. The molecule has 0 aliphatic rings. The minimum atomic E-state index is -0.00845. The van der Waals surface area contributed by atoms with E-state index in [1.165, 1.54) is 11.3 Å². The summed E-state index contributed by atoms with van der Waals surface area (Å²) in [6, 6.07) is 25.7. The van der Waals surface area contributed by atoms with E-state index in [4.69, 9.17) is 9.72 Å². The van der Waals surface area contributed by atoms with E-state index in [-0.39, 0.29) is 5.56 Å². The number of hydrogen-bond donors (Lipinski definition) is 0. The molecule has 5 heteroatoms. The second kappa shape index (κ2) is 7.18. The first-order valence-electron chi connectivity index (χ1n) is 9.35. The fourth-order valence-electron chi connectivity index (χ4n) is 3.55. The second-order valence-electron chi connectivity index (χ2n) is 6.82. The highest BCUT2D eigenvalue weighted by Crippen LogP contribution is 2.32. The number of rotatable bonds is 4. The molecule has 0 saturated heterocycles. The molecule has 5 aromatic rings. The van der Waals surface area contributed by atoms with Crippen molar-refractivity contribution in [3.05, 3.63) is 94.8 Å². The Morgan fingerprint density at radius 3 is 2.41 bits per heavy atom. The lowest BCUT2D eigenvalue weighted by Gasteiger charge is -2.13. The lowest BCUT2D eigenvalue weighted by atomic mass is 10.1. The van der Waals surface area contributed by atoms with Gasteiger partial charge in [-0.2, -0.15) is 0 Å². The van der Waals surface area contributed by atoms with Crippen molar-refractivity contribution in [2.24, 2.45) is 0 Å². The normalized spacial score (nSPS) is 11.2. The standard InChI is InChI=1S/C24H18N2O2S/c1-28-18-13-11-17(12-14-18)23-25-21-19-9-5-6-10-20(19)29-22(21)24(27)26(23)15-16-7-3-2-4-8-16/h2-14H,15H2,1H3. The van der Waals surface area contributed by atoms with E-state index in [0.29, 0.717) is 17.1 Å². The van der Waals surface area contributed by atoms with Crippen molar-refractivity contribution in [1.82, 2.24) is 9.55 Å². The van der Waals surface area contributed by atoms with Gasteiger partial charge in [0.05, 0.1) is 19.2 Å². The lowest BCUT2D eigenvalue weighted by Crippen LogP contribution is -2.23. The molecule has 5 rings (SSSR count). The zero-order chi connectivity index (χ0) is 19.8. The molecule has 0 bridgehead atoms. The summed E-state index contributed by atoms with van der Waals surface area (Å²) >= 11 is 1.51. The fraction of sp³-hybridized carbons (Fsp3) is 0.0833. The monoisotopic (exact) mass is 398 g/mol. The van der Waals surface area contributed by atoms with Crippen molar-refractivity contribution in [3.8, 4) is 17.1 Å². The molecule has 0 aliphatic carbocycles. The summed E-state index contributed by atoms with van der Waals surface area (Å²) in [5, 5.41) is 1.02. The Morgan fingerprint density at radius 2 is 1.66 bits per heavy atom. The highest BCUT2D eigenvalue weighted by Gasteiger charge is 2.17. The molecule has 0 amide bonds. The van der Waals surface area contributed by atoms with Crippen LogP contribution in [-0.2, 0) is 6.54 Å². The van der Waals surface area contributed by atoms with Crippen LogP contribution in [0.3, 0.4) is 0 Å². The SMILES string of the molecule is COc1ccc(-c2nc3c(sc4ccccc43)c(=O)n2Cc2ccccc2)cc1. The largest absolute Gasteiger partial charge is 0.497 e. The van der Waals surface area contributed by atoms with Crippen molar-refractivity contribution in [2.45, 2.75) is 6.54 Å². The Hall–Kier alpha value is -3.44. The summed E-state index contributed by atoms with van der Waals surface area (Å²) < 4.78 is 8.82. The maximum atomic E-state index is 13.5. The third-order valence-electron chi connectivity index (χ3n) is 5.01. The molecule has 3 aromatic carbocycles. The average Bonchev–Trinajstić information content (AvgIpc) is 3.15. The highest BCUT2D eigenvalue weighted by atomic mass is 32.1. The average molecular weight is 398 g/mol. The molecule has 0 N–H and O–H groups in total. The van der Waals surface area contributed by atoms with Gasteiger partial charge in [-0.1, -0.05) is 48.5 Å². The highest BCUT2D eigenvalue weighted by molar-refractivity contribution is 7.25. The molecule has 4 nitrogen and oxygen atoms in total. The summed E-state index contributed by atoms with van der Waals surface area (Å²) in [6.07, 6.45) is 0. The molecular weight excluding hydrogens is 380 g/mol. The van der Waals surface area contributed by atoms with Crippen LogP contribution in [0.1, 0.15) is 5.56 Å². The van der Waals surface area contributed by atoms with E-state index in [1.807, 2.05) is 78.9 Å². The van der Waals surface area contributed by atoms with Gasteiger partial charge in [-0.25, -0.2) is 4.98 Å². The molecule has 2 aromatic heterocycles. The van der Waals surface area contributed by atoms with Gasteiger partial charge < -0.3 is 4.74 Å². The first-order valence-corrected chi connectivity index (χ1v) is 10.2. The number of aromatic nitrogens is 2. The summed E-state index contributed by atoms with van der Waals surface area (Å²) in [7, 11) is 1.64. The van der Waals surface area contributed by atoms with Gasteiger partial charge in [0.15, 0.2) is 0 Å². The third-order valence-corrected chi connectivity index (χ3v) is 6.16. The first-order chi connectivity index (χ1) is 14.2. The van der Waals surface area contributed by atoms with Crippen LogP contribution in [0.25, 0.3) is 31.7 Å². The maximum Gasteiger partial charge on any atom is 0.272 e. The second-order valence-corrected chi connectivity index (χ2v) is 7.87. The summed E-state index contributed by atoms with van der Waals surface area (Å²) in [5.41, 5.74) is 2.71. The topological polar surface area (TPSA) is 44.1 Å². The number of hydrogen-bond acceptors (Lipinski definition) is 4. The quantitative estimate of drug-likeness (QED) is 0.411. The molecule has 2 heterocycles. The van der Waals surface area contributed by atoms with E-state index >= 15 is 0 Å². The molecule has 0 radical (unpaired) electrons. The minimum Gasteiger partial charge on any atom is -0.497 e. The Bertz CT molecular complexity index is 1370. The van der Waals surface area contributed by atoms with Crippen LogP contribution in [0, 0.1) is 0 Å². The predicted octanol–water partition coefficient (Wildman–Crippen LogP) is 5.34. The van der Waals surface area contributed by atoms with Gasteiger partial charge in [-0.05, 0) is 35.9 Å². The minimum absolute atomic E-state index is 0.00845. The van der Waals surface area contributed by atoms with Gasteiger partial charge in [-0.15, -0.1) is 11.3 Å². The Morgan fingerprint density at radius 1 is 0.931 bits per heavy atom. The van der Waals surface area contributed by atoms with Crippen LogP contribution in [-0.4, -0.2) is 16.7 Å². The Kier molecular flexibility index (Phi) is 4.37. The predicted molar refractivity (Wildman–Crippen MR) is 119 cm³/mol. The molecule has 0 atom stereocenters. The molecule has 0 fully saturated rings. The molecule has 0 unspecified atom stereocenters. The van der Waals surface area contributed by atoms with Gasteiger partial charge in [0.1, 0.15) is 16.3 Å². The van der Waals surface area contributed by atoms with Crippen molar-refractivity contribution in [3.63, 3.8) is 0 Å². The molecule has 0 saturated carbocycles. The zero-order valence-electron chi connectivity index (χ0n) is 15.8. The molecular formula is C24H18N2O2S. The van der Waals surface area contributed by atoms with Crippen LogP contribution in [0.15, 0.2) is 83.7 Å². The molecule has 0 aliphatic heterocycles. The number of thiophene rings is 1. The maximum absolute atomic E-state index is 13.5. The Labute approximate surface area is 171 Å². The molecule has 29 heavy (non-hydrogen) atoms. The fourth-order valence-corrected chi connectivity index (χ4v) is 4.64. The first kappa shape index (κ1) is 17.6. The lowest BCUT2D eigenvalue weighted by molar-refractivity contribution is 0.415. The smallest absolute Gasteiger partial charge is 0.272 e. The van der Waals surface area contributed by atoms with E-state index in [9.17, 15) is 4.79 Å². The Balaban J connectivity index is 1.80. The van der Waals surface area contributed by atoms with Gasteiger partial charge >= 0.3 is 0 Å². The number of methoxy groups -OCH3 is 1. The summed E-state index contributed by atoms with van der Waals surface area (Å²) in [4.78, 5) is 18.5. The summed E-state index contributed by atoms with van der Waals surface area (Å²) in [5.74, 6) is 1.44. The number of benzene rings is 3. The van der Waals surface area contributed by atoms with Crippen molar-refractivity contribution in [2.75, 3.05) is 7.11 Å². The summed E-state index contributed by atoms with van der Waals surface area (Å²) in [6.45, 7) is 0.470. The van der Waals surface area contributed by atoms with E-state index in [1.54, 1.807) is 11.7 Å². The van der Waals surface area contributed by atoms with E-state index in [0.717, 1.165) is 32.5 Å². The molecule has 0 spiro atoms. The van der Waals surface area contributed by atoms with Crippen LogP contribution >= 0.6 is 11.3 Å². The van der Waals surface area contributed by atoms with Crippen molar-refractivity contribution < 1.29 is 4.74 Å². The van der Waals surface area contributed by atoms with Crippen LogP contribution in [0.2, 0.25) is 0 Å². The zero-order valence-corrected chi connectivity index (χ0v) is 16.6. The third kappa shape index (κ3) is 3.09. The van der Waals surface area contributed by atoms with Gasteiger partial charge in [0, 0.05) is 15.6 Å². The van der Waals surface area contributed by atoms with E-state index < -0.39 is 0 Å². The number of ether oxygens (including phenoxy) is 1. The van der Waals surface area contributed by atoms with Crippen molar-refractivity contribution in [1.29, 1.82) is 0 Å². The van der Waals surface area contributed by atoms with Gasteiger partial charge in [0.2, 0.25) is 0 Å². The number of fused-ring (bicyclic) bond motifs is 3. The van der Waals surface area contributed by atoms with Crippen LogP contribution < -0.4 is 10.3 Å². The van der Waals surface area contributed by atoms with Crippen LogP contribution in [0.5, 0.6) is 5.75 Å². The van der Waals surface area contributed by atoms with Crippen LogP contribution in [0.4, 0.5) is 0 Å². The van der Waals surface area contributed by atoms with Crippen molar-refractivity contribution >= 4 is 31.6 Å². The van der Waals surface area contributed by atoms with E-state index in [2.05, 4.69) is 0 Å².